The molecule has 0 aliphatic carbocycles. The zero-order valence-electron chi connectivity index (χ0n) is 10.6. The Hall–Kier alpha value is -1.33. The number of fused-ring (bicyclic) bond motifs is 1. The van der Waals surface area contributed by atoms with Crippen molar-refractivity contribution < 1.29 is 4.57 Å². The van der Waals surface area contributed by atoms with Crippen molar-refractivity contribution in [3.8, 4) is 0 Å². The highest BCUT2D eigenvalue weighted by Gasteiger charge is 2.31. The van der Waals surface area contributed by atoms with Crippen LogP contribution in [0, 0.1) is 6.92 Å². The molecule has 0 saturated heterocycles. The third kappa shape index (κ3) is 2.15. The van der Waals surface area contributed by atoms with E-state index in [1.165, 1.54) is 22.3 Å². The van der Waals surface area contributed by atoms with Crippen molar-refractivity contribution in [1.82, 2.24) is 0 Å². The molecule has 0 bridgehead atoms. The van der Waals surface area contributed by atoms with Gasteiger partial charge in [-0.25, -0.2) is 0 Å². The summed E-state index contributed by atoms with van der Waals surface area (Å²) < 4.78 is 13.0. The van der Waals surface area contributed by atoms with E-state index >= 15 is 0 Å². The number of hydrogen-bond donors (Lipinski definition) is 0. The molecule has 1 nitrogen and oxygen atoms in total. The number of hydrogen-bond acceptors (Lipinski definition) is 1. The Bertz CT molecular complexity index is 601. The molecule has 1 heterocycles. The topological polar surface area (TPSA) is 17.1 Å². The molecule has 2 heteroatoms. The molecule has 2 aromatic carbocycles. The van der Waals surface area contributed by atoms with E-state index in [0.29, 0.717) is 0 Å². The summed E-state index contributed by atoms with van der Waals surface area (Å²) in [5.41, 5.74) is 5.07. The van der Waals surface area contributed by atoms with Crippen LogP contribution < -0.4 is 0 Å². The molecule has 0 saturated carbocycles. The second kappa shape index (κ2) is 4.40. The van der Waals surface area contributed by atoms with Crippen molar-refractivity contribution in [1.29, 1.82) is 0 Å². The lowest BCUT2D eigenvalue weighted by atomic mass is 10.1. The molecule has 0 atom stereocenters. The van der Waals surface area contributed by atoms with Gasteiger partial charge in [0.25, 0.3) is 0 Å². The lowest BCUT2D eigenvalue weighted by molar-refractivity contribution is 0.575. The van der Waals surface area contributed by atoms with Crippen LogP contribution in [0.3, 0.4) is 0 Å². The summed E-state index contributed by atoms with van der Waals surface area (Å²) in [7, 11) is -2.10. The smallest absolute Gasteiger partial charge is 0.100 e. The summed E-state index contributed by atoms with van der Waals surface area (Å²) in [5, 5.41) is 0. The first-order valence-electron chi connectivity index (χ1n) is 6.35. The van der Waals surface area contributed by atoms with E-state index in [2.05, 4.69) is 31.2 Å². The van der Waals surface area contributed by atoms with E-state index in [1.807, 2.05) is 24.3 Å². The van der Waals surface area contributed by atoms with Gasteiger partial charge in [-0.05, 0) is 29.2 Å². The van der Waals surface area contributed by atoms with Crippen LogP contribution in [0.1, 0.15) is 22.3 Å². The summed E-state index contributed by atoms with van der Waals surface area (Å²) in [6, 6.07) is 16.6. The summed E-state index contributed by atoms with van der Waals surface area (Å²) in [4.78, 5) is 0. The van der Waals surface area contributed by atoms with Crippen molar-refractivity contribution in [2.24, 2.45) is 0 Å². The van der Waals surface area contributed by atoms with Crippen LogP contribution in [0.5, 0.6) is 0 Å². The standard InChI is InChI=1S/C16H17OP/c1-13-6-2-3-7-14(13)10-18(17)11-15-8-4-5-9-16(15)12-18/h2-9H,10-12H2,1H3. The lowest BCUT2D eigenvalue weighted by Crippen LogP contribution is -1.91. The quantitative estimate of drug-likeness (QED) is 0.719. The van der Waals surface area contributed by atoms with Crippen LogP contribution in [0.15, 0.2) is 48.5 Å². The Morgan fingerprint density at radius 3 is 2.11 bits per heavy atom. The molecule has 1 aliphatic rings. The molecule has 2 aromatic rings. The van der Waals surface area contributed by atoms with Crippen LogP contribution >= 0.6 is 7.14 Å². The highest BCUT2D eigenvalue weighted by Crippen LogP contribution is 2.60. The molecule has 0 N–H and O–H groups in total. The molecule has 3 rings (SSSR count). The minimum Gasteiger partial charge on any atom is -0.323 e. The fourth-order valence-corrected chi connectivity index (χ4v) is 5.92. The normalized spacial score (nSPS) is 16.5. The van der Waals surface area contributed by atoms with Gasteiger partial charge in [0.2, 0.25) is 0 Å². The van der Waals surface area contributed by atoms with Crippen molar-refractivity contribution in [3.05, 3.63) is 70.8 Å². The first-order chi connectivity index (χ1) is 8.66. The molecule has 0 unspecified atom stereocenters. The molecule has 92 valence electrons. The molecule has 18 heavy (non-hydrogen) atoms. The van der Waals surface area contributed by atoms with Gasteiger partial charge < -0.3 is 4.57 Å². The van der Waals surface area contributed by atoms with Crippen molar-refractivity contribution in [2.75, 3.05) is 0 Å². The van der Waals surface area contributed by atoms with E-state index in [-0.39, 0.29) is 0 Å². The highest BCUT2D eigenvalue weighted by atomic mass is 31.2. The molecule has 0 radical (unpaired) electrons. The molecule has 0 spiro atoms. The predicted molar refractivity (Wildman–Crippen MR) is 76.3 cm³/mol. The number of benzene rings is 2. The largest absolute Gasteiger partial charge is 0.323 e. The zero-order valence-corrected chi connectivity index (χ0v) is 11.5. The van der Waals surface area contributed by atoms with Crippen LogP contribution in [0.2, 0.25) is 0 Å². The van der Waals surface area contributed by atoms with Gasteiger partial charge in [0, 0.05) is 18.5 Å². The average Bonchev–Trinajstić information content (AvgIpc) is 2.68. The minimum absolute atomic E-state index is 0.744. The Morgan fingerprint density at radius 1 is 0.944 bits per heavy atom. The third-order valence-electron chi connectivity index (χ3n) is 3.76. The maximum absolute atomic E-state index is 13.0. The summed E-state index contributed by atoms with van der Waals surface area (Å²) in [5.74, 6) is 0. The summed E-state index contributed by atoms with van der Waals surface area (Å²) >= 11 is 0. The van der Waals surface area contributed by atoms with Crippen molar-refractivity contribution >= 4 is 7.14 Å². The lowest BCUT2D eigenvalue weighted by Gasteiger charge is -2.12. The average molecular weight is 256 g/mol. The monoisotopic (exact) mass is 256 g/mol. The van der Waals surface area contributed by atoms with Crippen molar-refractivity contribution in [3.63, 3.8) is 0 Å². The molecule has 0 amide bonds. The highest BCUT2D eigenvalue weighted by molar-refractivity contribution is 7.62. The summed E-state index contributed by atoms with van der Waals surface area (Å²) in [6.07, 6.45) is 2.30. The number of rotatable bonds is 2. The van der Waals surface area contributed by atoms with E-state index in [1.54, 1.807) is 0 Å². The van der Waals surface area contributed by atoms with E-state index in [9.17, 15) is 4.57 Å². The second-order valence-electron chi connectivity index (χ2n) is 5.23. The van der Waals surface area contributed by atoms with Gasteiger partial charge >= 0.3 is 0 Å². The van der Waals surface area contributed by atoms with Crippen LogP contribution in [-0.2, 0) is 23.1 Å². The van der Waals surface area contributed by atoms with Gasteiger partial charge in [0.1, 0.15) is 7.14 Å². The predicted octanol–water partition coefficient (Wildman–Crippen LogP) is 4.57. The fraction of sp³-hybridized carbons (Fsp3) is 0.250. The van der Waals surface area contributed by atoms with Crippen LogP contribution in [-0.4, -0.2) is 0 Å². The molecule has 0 aromatic heterocycles. The maximum atomic E-state index is 13.0. The maximum Gasteiger partial charge on any atom is 0.100 e. The Labute approximate surface area is 108 Å². The van der Waals surface area contributed by atoms with E-state index in [0.717, 1.165) is 18.5 Å². The van der Waals surface area contributed by atoms with Gasteiger partial charge in [-0.2, -0.15) is 0 Å². The van der Waals surface area contributed by atoms with Gasteiger partial charge in [0.05, 0.1) is 0 Å². The second-order valence-corrected chi connectivity index (χ2v) is 8.29. The van der Waals surface area contributed by atoms with E-state index in [4.69, 9.17) is 0 Å². The molecular formula is C16H17OP. The number of aryl methyl sites for hydroxylation is 1. The first kappa shape index (κ1) is 11.7. The molecular weight excluding hydrogens is 239 g/mol. The Morgan fingerprint density at radius 2 is 1.50 bits per heavy atom. The van der Waals surface area contributed by atoms with Crippen LogP contribution in [0.4, 0.5) is 0 Å². The summed E-state index contributed by atoms with van der Waals surface area (Å²) in [6.45, 7) is 2.10. The third-order valence-corrected chi connectivity index (χ3v) is 6.51. The zero-order chi connectivity index (χ0) is 12.6. The van der Waals surface area contributed by atoms with Gasteiger partial charge in [-0.15, -0.1) is 0 Å². The first-order valence-corrected chi connectivity index (χ1v) is 8.61. The van der Waals surface area contributed by atoms with Gasteiger partial charge in [-0.1, -0.05) is 48.5 Å². The molecule has 0 fully saturated rings. The van der Waals surface area contributed by atoms with Gasteiger partial charge in [-0.3, -0.25) is 0 Å². The Balaban J connectivity index is 1.88. The van der Waals surface area contributed by atoms with E-state index < -0.39 is 7.14 Å². The minimum atomic E-state index is -2.10. The SMILES string of the molecule is Cc1ccccc1CP1(=O)Cc2ccccc2C1. The van der Waals surface area contributed by atoms with Gasteiger partial charge in [0.15, 0.2) is 0 Å². The van der Waals surface area contributed by atoms with Crippen molar-refractivity contribution in [2.45, 2.75) is 25.4 Å². The fourth-order valence-electron chi connectivity index (χ4n) is 2.75. The Kier molecular flexibility index (Phi) is 2.87. The molecule has 1 aliphatic heterocycles. The van der Waals surface area contributed by atoms with Crippen LogP contribution in [0.25, 0.3) is 0 Å².